The minimum atomic E-state index is 0.0985. The fraction of sp³-hybridized carbons (Fsp3) is 0.476. The molecule has 2 fully saturated rings. The largest absolute Gasteiger partial charge is 0.484 e. The third-order valence-corrected chi connectivity index (χ3v) is 5.24. The van der Waals surface area contributed by atoms with Gasteiger partial charge in [0, 0.05) is 26.2 Å². The Hall–Kier alpha value is -2.07. The number of amides is 1. The van der Waals surface area contributed by atoms with Gasteiger partial charge in [-0.3, -0.25) is 4.79 Å². The van der Waals surface area contributed by atoms with Crippen LogP contribution < -0.4 is 4.74 Å². The maximum Gasteiger partial charge on any atom is 0.260 e. The van der Waals surface area contributed by atoms with Crippen molar-refractivity contribution in [3.63, 3.8) is 0 Å². The van der Waals surface area contributed by atoms with E-state index in [0.717, 1.165) is 49.7 Å². The van der Waals surface area contributed by atoms with Gasteiger partial charge < -0.3 is 14.5 Å². The molecule has 0 bridgehead atoms. The third kappa shape index (κ3) is 4.31. The van der Waals surface area contributed by atoms with E-state index in [2.05, 4.69) is 17.0 Å². The Bertz CT molecular complexity index is 742. The molecule has 2 aromatic carbocycles. The molecule has 4 nitrogen and oxygen atoms in total. The Morgan fingerprint density at radius 1 is 1.00 bits per heavy atom. The standard InChI is InChI=1S/C21H26N2O2/c24-21(23-11-3-10-22(12-13-23)15-17-6-7-17)16-25-20-9-8-18-4-1-2-5-19(18)14-20/h1-2,4-5,8-9,14,17H,3,6-7,10-13,15-16H2. The Morgan fingerprint density at radius 3 is 2.68 bits per heavy atom. The average Bonchev–Trinajstić information content (AvgIpc) is 3.47. The van der Waals surface area contributed by atoms with Gasteiger partial charge in [-0.2, -0.15) is 0 Å². The van der Waals surface area contributed by atoms with Crippen LogP contribution in [0.2, 0.25) is 0 Å². The number of hydrogen-bond acceptors (Lipinski definition) is 3. The van der Waals surface area contributed by atoms with Crippen molar-refractivity contribution in [2.24, 2.45) is 5.92 Å². The normalized spacial score (nSPS) is 19.0. The zero-order valence-corrected chi connectivity index (χ0v) is 14.7. The molecule has 1 aliphatic heterocycles. The van der Waals surface area contributed by atoms with Gasteiger partial charge in [-0.1, -0.05) is 30.3 Å². The van der Waals surface area contributed by atoms with Gasteiger partial charge in [0.2, 0.25) is 0 Å². The van der Waals surface area contributed by atoms with Gasteiger partial charge in [-0.25, -0.2) is 0 Å². The second-order valence-electron chi connectivity index (χ2n) is 7.28. The summed E-state index contributed by atoms with van der Waals surface area (Å²) in [5.74, 6) is 1.78. The van der Waals surface area contributed by atoms with Crippen molar-refractivity contribution in [1.29, 1.82) is 0 Å². The van der Waals surface area contributed by atoms with Crippen LogP contribution in [0.3, 0.4) is 0 Å². The zero-order chi connectivity index (χ0) is 17.1. The van der Waals surface area contributed by atoms with Crippen LogP contribution in [0.1, 0.15) is 19.3 Å². The van der Waals surface area contributed by atoms with E-state index in [-0.39, 0.29) is 12.5 Å². The molecule has 0 radical (unpaired) electrons. The molecular weight excluding hydrogens is 312 g/mol. The lowest BCUT2D eigenvalue weighted by molar-refractivity contribution is -0.133. The number of benzene rings is 2. The van der Waals surface area contributed by atoms with Crippen molar-refractivity contribution < 1.29 is 9.53 Å². The molecule has 25 heavy (non-hydrogen) atoms. The highest BCUT2D eigenvalue weighted by Crippen LogP contribution is 2.30. The highest BCUT2D eigenvalue weighted by Gasteiger charge is 2.26. The van der Waals surface area contributed by atoms with Crippen LogP contribution in [0.4, 0.5) is 0 Å². The lowest BCUT2D eigenvalue weighted by Crippen LogP contribution is -2.38. The molecule has 0 N–H and O–H groups in total. The van der Waals surface area contributed by atoms with E-state index in [0.29, 0.717) is 0 Å². The van der Waals surface area contributed by atoms with Crippen molar-refractivity contribution in [2.75, 3.05) is 39.3 Å². The number of carbonyl (C=O) groups excluding carboxylic acids is 1. The summed E-state index contributed by atoms with van der Waals surface area (Å²) >= 11 is 0. The van der Waals surface area contributed by atoms with Crippen LogP contribution in [0.15, 0.2) is 42.5 Å². The summed E-state index contributed by atoms with van der Waals surface area (Å²) in [6, 6.07) is 14.2. The third-order valence-electron chi connectivity index (χ3n) is 5.24. The monoisotopic (exact) mass is 338 g/mol. The van der Waals surface area contributed by atoms with Crippen LogP contribution in [0, 0.1) is 5.92 Å². The molecule has 0 aromatic heterocycles. The van der Waals surface area contributed by atoms with E-state index in [9.17, 15) is 4.79 Å². The zero-order valence-electron chi connectivity index (χ0n) is 14.7. The van der Waals surface area contributed by atoms with Gasteiger partial charge >= 0.3 is 0 Å². The minimum Gasteiger partial charge on any atom is -0.484 e. The highest BCUT2D eigenvalue weighted by atomic mass is 16.5. The first kappa shape index (κ1) is 16.4. The molecule has 4 heteroatoms. The van der Waals surface area contributed by atoms with Crippen LogP contribution in [0.25, 0.3) is 10.8 Å². The summed E-state index contributed by atoms with van der Waals surface area (Å²) in [4.78, 5) is 17.0. The topological polar surface area (TPSA) is 32.8 Å². The van der Waals surface area contributed by atoms with Crippen molar-refractivity contribution in [3.05, 3.63) is 42.5 Å². The molecule has 2 aliphatic rings. The second-order valence-corrected chi connectivity index (χ2v) is 7.28. The van der Waals surface area contributed by atoms with Gasteiger partial charge in [0.25, 0.3) is 5.91 Å². The van der Waals surface area contributed by atoms with Crippen LogP contribution >= 0.6 is 0 Å². The predicted octanol–water partition coefficient (Wildman–Crippen LogP) is 3.16. The molecule has 2 aromatic rings. The molecule has 1 saturated heterocycles. The summed E-state index contributed by atoms with van der Waals surface area (Å²) in [5.41, 5.74) is 0. The first-order valence-electron chi connectivity index (χ1n) is 9.40. The van der Waals surface area contributed by atoms with Gasteiger partial charge in [0.1, 0.15) is 5.75 Å². The van der Waals surface area contributed by atoms with Crippen LogP contribution in [0.5, 0.6) is 5.75 Å². The molecule has 1 saturated carbocycles. The fourth-order valence-electron chi connectivity index (χ4n) is 3.56. The van der Waals surface area contributed by atoms with E-state index in [1.165, 1.54) is 24.8 Å². The van der Waals surface area contributed by atoms with E-state index < -0.39 is 0 Å². The molecule has 0 atom stereocenters. The predicted molar refractivity (Wildman–Crippen MR) is 99.8 cm³/mol. The second kappa shape index (κ2) is 7.44. The van der Waals surface area contributed by atoms with Gasteiger partial charge in [-0.05, 0) is 54.6 Å². The Labute approximate surface area is 149 Å². The number of hydrogen-bond donors (Lipinski definition) is 0. The maximum absolute atomic E-state index is 12.5. The number of ether oxygens (including phenoxy) is 1. The summed E-state index contributed by atoms with van der Waals surface area (Å²) in [7, 11) is 0. The Balaban J connectivity index is 1.30. The van der Waals surface area contributed by atoms with Gasteiger partial charge in [0.15, 0.2) is 6.61 Å². The van der Waals surface area contributed by atoms with Crippen molar-refractivity contribution >= 4 is 16.7 Å². The quantitative estimate of drug-likeness (QED) is 0.839. The molecule has 1 amide bonds. The molecular formula is C21H26N2O2. The van der Waals surface area contributed by atoms with Gasteiger partial charge in [0.05, 0.1) is 0 Å². The van der Waals surface area contributed by atoms with Crippen LogP contribution in [-0.4, -0.2) is 55.0 Å². The maximum atomic E-state index is 12.5. The van der Waals surface area contributed by atoms with Crippen LogP contribution in [-0.2, 0) is 4.79 Å². The Morgan fingerprint density at radius 2 is 1.84 bits per heavy atom. The lowest BCUT2D eigenvalue weighted by Gasteiger charge is -2.22. The summed E-state index contributed by atoms with van der Waals surface area (Å²) in [5, 5.41) is 2.32. The average molecular weight is 338 g/mol. The summed E-state index contributed by atoms with van der Waals surface area (Å²) < 4.78 is 5.77. The van der Waals surface area contributed by atoms with Gasteiger partial charge in [-0.15, -0.1) is 0 Å². The number of nitrogens with zero attached hydrogens (tertiary/aromatic N) is 2. The minimum absolute atomic E-state index is 0.0985. The van der Waals surface area contributed by atoms with Crippen molar-refractivity contribution in [1.82, 2.24) is 9.80 Å². The molecule has 1 heterocycles. The summed E-state index contributed by atoms with van der Waals surface area (Å²) in [6.07, 6.45) is 3.84. The molecule has 0 unspecified atom stereocenters. The van der Waals surface area contributed by atoms with E-state index >= 15 is 0 Å². The summed E-state index contributed by atoms with van der Waals surface area (Å²) in [6.45, 7) is 5.13. The van der Waals surface area contributed by atoms with E-state index in [1.54, 1.807) is 0 Å². The van der Waals surface area contributed by atoms with E-state index in [4.69, 9.17) is 4.74 Å². The molecule has 4 rings (SSSR count). The van der Waals surface area contributed by atoms with Crippen molar-refractivity contribution in [3.8, 4) is 5.75 Å². The first-order valence-corrected chi connectivity index (χ1v) is 9.40. The SMILES string of the molecule is O=C(COc1ccc2ccccc2c1)N1CCCN(CC2CC2)CC1. The van der Waals surface area contributed by atoms with Crippen molar-refractivity contribution in [2.45, 2.75) is 19.3 Å². The Kier molecular flexibility index (Phi) is 4.88. The number of carbonyl (C=O) groups is 1. The first-order chi connectivity index (χ1) is 12.3. The van der Waals surface area contributed by atoms with E-state index in [1.807, 2.05) is 35.2 Å². The molecule has 132 valence electrons. The molecule has 1 aliphatic carbocycles. The smallest absolute Gasteiger partial charge is 0.260 e. The molecule has 0 spiro atoms. The number of fused-ring (bicyclic) bond motifs is 1. The fourth-order valence-corrected chi connectivity index (χ4v) is 3.56. The number of rotatable bonds is 5. The highest BCUT2D eigenvalue weighted by molar-refractivity contribution is 5.84. The lowest BCUT2D eigenvalue weighted by atomic mass is 10.1.